The van der Waals surface area contributed by atoms with Gasteiger partial charge in [-0.15, -0.1) is 0 Å². The zero-order valence-corrected chi connectivity index (χ0v) is 7.82. The summed E-state index contributed by atoms with van der Waals surface area (Å²) in [6, 6.07) is 6.46. The minimum absolute atomic E-state index is 0.588. The molecule has 2 atom stereocenters. The summed E-state index contributed by atoms with van der Waals surface area (Å²) in [5.74, 6) is -1.20. The van der Waals surface area contributed by atoms with Gasteiger partial charge in [-0.25, -0.2) is 0 Å². The fourth-order valence-corrected chi connectivity index (χ4v) is 1.19. The van der Waals surface area contributed by atoms with Crippen molar-refractivity contribution in [2.24, 2.45) is 10.8 Å². The van der Waals surface area contributed by atoms with Gasteiger partial charge < -0.3 is 10.8 Å². The van der Waals surface area contributed by atoms with Crippen LogP contribution in [0.1, 0.15) is 11.6 Å². The number of rotatable bonds is 4. The number of benzene rings is 1. The van der Waals surface area contributed by atoms with Gasteiger partial charge in [-0.2, -0.15) is 0 Å². The average Bonchev–Trinajstić information content (AvgIpc) is 2.26. The van der Waals surface area contributed by atoms with E-state index in [0.29, 0.717) is 5.56 Å². The SMILES string of the molecule is [N-]=[N+]=N[C@H](c1ccccc1)C(N)C(=O)O. The van der Waals surface area contributed by atoms with E-state index >= 15 is 0 Å². The van der Waals surface area contributed by atoms with Gasteiger partial charge >= 0.3 is 5.97 Å². The van der Waals surface area contributed by atoms with Crippen molar-refractivity contribution in [3.05, 3.63) is 46.3 Å². The first kappa shape index (κ1) is 11.0. The number of hydrogen-bond acceptors (Lipinski definition) is 3. The Kier molecular flexibility index (Phi) is 3.68. The van der Waals surface area contributed by atoms with E-state index < -0.39 is 18.1 Å². The summed E-state index contributed by atoms with van der Waals surface area (Å²) >= 11 is 0. The molecule has 0 saturated heterocycles. The van der Waals surface area contributed by atoms with Crippen molar-refractivity contribution in [3.63, 3.8) is 0 Å². The number of carboxylic acid groups (broad SMARTS) is 1. The summed E-state index contributed by atoms with van der Waals surface area (Å²) in [5, 5.41) is 12.1. The van der Waals surface area contributed by atoms with Crippen LogP contribution in [0.5, 0.6) is 0 Å². The monoisotopic (exact) mass is 206 g/mol. The molecule has 78 valence electrons. The summed E-state index contributed by atoms with van der Waals surface area (Å²) in [6.07, 6.45) is 0. The van der Waals surface area contributed by atoms with Gasteiger partial charge in [0.1, 0.15) is 6.04 Å². The van der Waals surface area contributed by atoms with E-state index in [1.54, 1.807) is 30.3 Å². The lowest BCUT2D eigenvalue weighted by atomic mass is 10.0. The standard InChI is InChI=1S/C9H10N4O2/c10-7(9(14)15)8(12-13-11)6-4-2-1-3-5-6/h1-5,7-8H,10H2,(H,14,15)/t7?,8-/m1/s1. The highest BCUT2D eigenvalue weighted by atomic mass is 16.4. The molecule has 1 aromatic rings. The maximum absolute atomic E-state index is 10.7. The third-order valence-electron chi connectivity index (χ3n) is 1.94. The van der Waals surface area contributed by atoms with E-state index in [-0.39, 0.29) is 0 Å². The minimum atomic E-state index is -1.23. The second-order valence-electron chi connectivity index (χ2n) is 2.92. The number of nitrogens with zero attached hydrogens (tertiary/aromatic N) is 3. The van der Waals surface area contributed by atoms with E-state index in [1.165, 1.54) is 0 Å². The predicted octanol–water partition coefficient (Wildman–Crippen LogP) is 1.45. The number of nitrogens with two attached hydrogens (primary N) is 1. The average molecular weight is 206 g/mol. The van der Waals surface area contributed by atoms with Gasteiger partial charge in [0.15, 0.2) is 0 Å². The zero-order valence-electron chi connectivity index (χ0n) is 7.82. The summed E-state index contributed by atoms with van der Waals surface area (Å²) in [6.45, 7) is 0. The van der Waals surface area contributed by atoms with Gasteiger partial charge in [-0.1, -0.05) is 35.4 Å². The smallest absolute Gasteiger partial charge is 0.321 e. The first-order chi connectivity index (χ1) is 7.16. The van der Waals surface area contributed by atoms with Gasteiger partial charge in [0.2, 0.25) is 0 Å². The second-order valence-corrected chi connectivity index (χ2v) is 2.92. The van der Waals surface area contributed by atoms with Crippen LogP contribution in [-0.2, 0) is 4.79 Å². The molecule has 0 aromatic heterocycles. The molecule has 0 aliphatic heterocycles. The number of carbonyl (C=O) groups is 1. The van der Waals surface area contributed by atoms with Gasteiger partial charge in [-0.3, -0.25) is 4.79 Å². The lowest BCUT2D eigenvalue weighted by Gasteiger charge is -2.15. The quantitative estimate of drug-likeness (QED) is 0.441. The Morgan fingerprint density at radius 2 is 2.07 bits per heavy atom. The van der Waals surface area contributed by atoms with Crippen LogP contribution < -0.4 is 5.73 Å². The fraction of sp³-hybridized carbons (Fsp3) is 0.222. The van der Waals surface area contributed by atoms with E-state index in [1.807, 2.05) is 0 Å². The van der Waals surface area contributed by atoms with Gasteiger partial charge in [-0.05, 0) is 11.1 Å². The molecular weight excluding hydrogens is 196 g/mol. The van der Waals surface area contributed by atoms with Crippen molar-refractivity contribution in [2.75, 3.05) is 0 Å². The van der Waals surface area contributed by atoms with Crippen LogP contribution >= 0.6 is 0 Å². The van der Waals surface area contributed by atoms with Crippen molar-refractivity contribution in [1.29, 1.82) is 0 Å². The highest BCUT2D eigenvalue weighted by Gasteiger charge is 2.24. The number of aliphatic carboxylic acids is 1. The molecule has 1 rings (SSSR count). The van der Waals surface area contributed by atoms with Crippen molar-refractivity contribution >= 4 is 5.97 Å². The summed E-state index contributed by atoms with van der Waals surface area (Å²) in [5.41, 5.74) is 14.3. The number of azide groups is 1. The molecule has 6 heteroatoms. The minimum Gasteiger partial charge on any atom is -0.480 e. The largest absolute Gasteiger partial charge is 0.480 e. The Balaban J connectivity index is 3.03. The van der Waals surface area contributed by atoms with Crippen LogP contribution in [0.25, 0.3) is 10.4 Å². The van der Waals surface area contributed by atoms with Crippen LogP contribution in [0.3, 0.4) is 0 Å². The lowest BCUT2D eigenvalue weighted by molar-refractivity contribution is -0.139. The molecular formula is C9H10N4O2. The maximum Gasteiger partial charge on any atom is 0.321 e. The van der Waals surface area contributed by atoms with Crippen LogP contribution in [0, 0.1) is 0 Å². The highest BCUT2D eigenvalue weighted by molar-refractivity contribution is 5.74. The predicted molar refractivity (Wildman–Crippen MR) is 53.9 cm³/mol. The molecule has 0 heterocycles. The Bertz CT molecular complexity index is 386. The first-order valence-electron chi connectivity index (χ1n) is 4.24. The van der Waals surface area contributed by atoms with Crippen LogP contribution in [0.15, 0.2) is 35.4 Å². The third-order valence-corrected chi connectivity index (χ3v) is 1.94. The third kappa shape index (κ3) is 2.70. The molecule has 0 amide bonds. The molecule has 0 fully saturated rings. The highest BCUT2D eigenvalue weighted by Crippen LogP contribution is 2.20. The number of hydrogen-bond donors (Lipinski definition) is 2. The maximum atomic E-state index is 10.7. The Morgan fingerprint density at radius 1 is 1.47 bits per heavy atom. The normalized spacial score (nSPS) is 13.7. The molecule has 1 unspecified atom stereocenters. The summed E-state index contributed by atoms with van der Waals surface area (Å²) < 4.78 is 0. The Labute approximate surface area is 86.0 Å². The van der Waals surface area contributed by atoms with Gasteiger partial charge in [0.05, 0.1) is 6.04 Å². The topological polar surface area (TPSA) is 112 Å². The molecule has 0 bridgehead atoms. The van der Waals surface area contributed by atoms with Crippen molar-refractivity contribution in [2.45, 2.75) is 12.1 Å². The molecule has 0 aliphatic carbocycles. The van der Waals surface area contributed by atoms with E-state index in [0.717, 1.165) is 0 Å². The zero-order chi connectivity index (χ0) is 11.3. The van der Waals surface area contributed by atoms with E-state index in [2.05, 4.69) is 10.0 Å². The number of carboxylic acids is 1. The van der Waals surface area contributed by atoms with Crippen molar-refractivity contribution in [1.82, 2.24) is 0 Å². The molecule has 0 aliphatic rings. The van der Waals surface area contributed by atoms with Crippen LogP contribution in [0.4, 0.5) is 0 Å². The van der Waals surface area contributed by atoms with E-state index in [4.69, 9.17) is 16.4 Å². The lowest BCUT2D eigenvalue weighted by Crippen LogP contribution is -2.35. The summed E-state index contributed by atoms with van der Waals surface area (Å²) in [7, 11) is 0. The van der Waals surface area contributed by atoms with Crippen LogP contribution in [-0.4, -0.2) is 17.1 Å². The molecule has 0 saturated carbocycles. The molecule has 6 nitrogen and oxygen atoms in total. The summed E-state index contributed by atoms with van der Waals surface area (Å²) in [4.78, 5) is 13.3. The second kappa shape index (κ2) is 4.99. The fourth-order valence-electron chi connectivity index (χ4n) is 1.19. The molecule has 3 N–H and O–H groups in total. The van der Waals surface area contributed by atoms with Crippen molar-refractivity contribution in [3.8, 4) is 0 Å². The van der Waals surface area contributed by atoms with E-state index in [9.17, 15) is 4.79 Å². The van der Waals surface area contributed by atoms with Crippen LogP contribution in [0.2, 0.25) is 0 Å². The Morgan fingerprint density at radius 3 is 2.53 bits per heavy atom. The van der Waals surface area contributed by atoms with Crippen molar-refractivity contribution < 1.29 is 9.90 Å². The molecule has 15 heavy (non-hydrogen) atoms. The van der Waals surface area contributed by atoms with Gasteiger partial charge in [0.25, 0.3) is 0 Å². The molecule has 0 spiro atoms. The molecule has 0 radical (unpaired) electrons. The molecule has 1 aromatic carbocycles. The van der Waals surface area contributed by atoms with Gasteiger partial charge in [0, 0.05) is 4.91 Å². The first-order valence-corrected chi connectivity index (χ1v) is 4.24. The Hall–Kier alpha value is -2.04.